The Bertz CT molecular complexity index is 365. The minimum absolute atomic E-state index is 0. The highest BCUT2D eigenvalue weighted by Gasteiger charge is 2.48. The Morgan fingerprint density at radius 1 is 0.929 bits per heavy atom. The smallest absolute Gasteiger partial charge is 0.0118 e. The maximum atomic E-state index is 2.38. The van der Waals surface area contributed by atoms with Crippen molar-refractivity contribution in [3.05, 3.63) is 47.5 Å². The van der Waals surface area contributed by atoms with Crippen molar-refractivity contribution in [2.75, 3.05) is 0 Å². The fourth-order valence-electron chi connectivity index (χ4n) is 3.10. The molecule has 0 nitrogen and oxygen atoms in total. The van der Waals surface area contributed by atoms with Crippen molar-refractivity contribution < 1.29 is 0 Å². The molecule has 0 amide bonds. The average Bonchev–Trinajstić information content (AvgIpc) is 2.55. The summed E-state index contributed by atoms with van der Waals surface area (Å²) in [7, 11) is 0. The van der Waals surface area contributed by atoms with E-state index in [0.717, 1.165) is 0 Å². The summed E-state index contributed by atoms with van der Waals surface area (Å²) < 4.78 is 0. The van der Waals surface area contributed by atoms with Gasteiger partial charge in [0.2, 0.25) is 0 Å². The Morgan fingerprint density at radius 2 is 1.36 bits per heavy atom. The van der Waals surface area contributed by atoms with E-state index in [1.165, 1.54) is 6.42 Å². The second kappa shape index (κ2) is 2.50. The summed E-state index contributed by atoms with van der Waals surface area (Å²) in [6, 6.07) is 8.87. The minimum Gasteiger partial charge on any atom is -0.0776 e. The molecule has 0 saturated carbocycles. The van der Waals surface area contributed by atoms with Crippen LogP contribution in [0.3, 0.4) is 0 Å². The van der Waals surface area contributed by atoms with E-state index < -0.39 is 0 Å². The van der Waals surface area contributed by atoms with Gasteiger partial charge < -0.3 is 0 Å². The van der Waals surface area contributed by atoms with Gasteiger partial charge in [-0.15, -0.1) is 0 Å². The molecule has 0 radical (unpaired) electrons. The summed E-state index contributed by atoms with van der Waals surface area (Å²) in [5, 5.41) is 0. The van der Waals surface area contributed by atoms with Crippen molar-refractivity contribution in [3.63, 3.8) is 0 Å². The van der Waals surface area contributed by atoms with E-state index in [9.17, 15) is 0 Å². The molecule has 0 aliphatic heterocycles. The van der Waals surface area contributed by atoms with Gasteiger partial charge in [-0.3, -0.25) is 0 Å². The van der Waals surface area contributed by atoms with Gasteiger partial charge in [-0.25, -0.2) is 0 Å². The van der Waals surface area contributed by atoms with Crippen molar-refractivity contribution in [3.8, 4) is 0 Å². The van der Waals surface area contributed by atoms with Gasteiger partial charge in [-0.05, 0) is 17.5 Å². The second-order valence-electron chi connectivity index (χ2n) is 4.89. The van der Waals surface area contributed by atoms with Crippen LogP contribution in [0.1, 0.15) is 38.8 Å². The molecule has 1 aromatic carbocycles. The molecule has 0 heteroatoms. The zero-order chi connectivity index (χ0) is 9.10. The molecular formula is C14H18. The van der Waals surface area contributed by atoms with Crippen molar-refractivity contribution in [2.45, 2.75) is 38.5 Å². The average molecular weight is 186 g/mol. The molecule has 2 atom stereocenters. The molecule has 0 fully saturated rings. The van der Waals surface area contributed by atoms with E-state index in [4.69, 9.17) is 0 Å². The molecule has 0 spiro atoms. The van der Waals surface area contributed by atoms with E-state index in [-0.39, 0.29) is 7.43 Å². The quantitative estimate of drug-likeness (QED) is 0.540. The lowest BCUT2D eigenvalue weighted by Gasteiger charge is -2.21. The highest BCUT2D eigenvalue weighted by Crippen LogP contribution is 2.55. The molecule has 74 valence electrons. The number of hydrogen-bond donors (Lipinski definition) is 0. The van der Waals surface area contributed by atoms with Gasteiger partial charge in [0, 0.05) is 10.8 Å². The van der Waals surface area contributed by atoms with Crippen LogP contribution in [0.2, 0.25) is 0 Å². The Kier molecular flexibility index (Phi) is 1.70. The van der Waals surface area contributed by atoms with Gasteiger partial charge in [-0.1, -0.05) is 57.7 Å². The van der Waals surface area contributed by atoms with Crippen LogP contribution < -0.4 is 0 Å². The minimum atomic E-state index is 0. The topological polar surface area (TPSA) is 0 Å². The number of allylic oxidation sites excluding steroid dienone is 2. The van der Waals surface area contributed by atoms with Gasteiger partial charge >= 0.3 is 0 Å². The summed E-state index contributed by atoms with van der Waals surface area (Å²) in [5.41, 5.74) is 3.73. The molecule has 3 rings (SSSR count). The van der Waals surface area contributed by atoms with Gasteiger partial charge in [0.15, 0.2) is 0 Å². The third-order valence-electron chi connectivity index (χ3n) is 3.71. The Morgan fingerprint density at radius 3 is 1.79 bits per heavy atom. The maximum absolute atomic E-state index is 2.38. The number of hydrogen-bond acceptors (Lipinski definition) is 0. The first-order valence-electron chi connectivity index (χ1n) is 4.95. The third kappa shape index (κ3) is 0.890. The van der Waals surface area contributed by atoms with Gasteiger partial charge in [0.05, 0.1) is 0 Å². The molecule has 2 bridgehead atoms. The second-order valence-corrected chi connectivity index (χ2v) is 4.89. The van der Waals surface area contributed by atoms with Crippen LogP contribution >= 0.6 is 0 Å². The zero-order valence-electron chi connectivity index (χ0n) is 8.17. The molecule has 2 aliphatic carbocycles. The fraction of sp³-hybridized carbons (Fsp3) is 0.429. The Balaban J connectivity index is 0.000000750. The van der Waals surface area contributed by atoms with E-state index >= 15 is 0 Å². The maximum Gasteiger partial charge on any atom is 0.0118 e. The van der Waals surface area contributed by atoms with Crippen molar-refractivity contribution in [1.82, 2.24) is 0 Å². The Hall–Kier alpha value is -1.04. The molecule has 0 aromatic heterocycles. The van der Waals surface area contributed by atoms with Crippen LogP contribution in [0.15, 0.2) is 36.4 Å². The van der Waals surface area contributed by atoms with Crippen LogP contribution in [-0.4, -0.2) is 0 Å². The summed E-state index contributed by atoms with van der Waals surface area (Å²) in [6.07, 6.45) is 6.03. The normalized spacial score (nSPS) is 36.7. The van der Waals surface area contributed by atoms with Crippen molar-refractivity contribution in [1.29, 1.82) is 0 Å². The highest BCUT2D eigenvalue weighted by atomic mass is 14.5. The van der Waals surface area contributed by atoms with Gasteiger partial charge in [0.1, 0.15) is 0 Å². The third-order valence-corrected chi connectivity index (χ3v) is 3.71. The van der Waals surface area contributed by atoms with Gasteiger partial charge in [0.25, 0.3) is 0 Å². The first-order valence-corrected chi connectivity index (χ1v) is 4.95. The predicted molar refractivity (Wildman–Crippen MR) is 61.6 cm³/mol. The molecular weight excluding hydrogens is 168 g/mol. The lowest BCUT2D eigenvalue weighted by molar-refractivity contribution is 0.517. The standard InChI is InChI=1S/C13H14.CH4/c1-12-7-8-13(2,9-12)11-6-4-3-5-10(11)12;/h3-8H,9H2,1-2H3;1H4. The number of fused-ring (bicyclic) bond motifs is 5. The first-order chi connectivity index (χ1) is 6.14. The summed E-state index contributed by atoms with van der Waals surface area (Å²) in [4.78, 5) is 0. The fourth-order valence-corrected chi connectivity index (χ4v) is 3.10. The SMILES string of the molecule is C.CC12C=CC(C)(C1)c1ccccc12. The van der Waals surface area contributed by atoms with E-state index in [1.54, 1.807) is 11.1 Å². The van der Waals surface area contributed by atoms with E-state index in [0.29, 0.717) is 10.8 Å². The van der Waals surface area contributed by atoms with Crippen LogP contribution in [0.25, 0.3) is 0 Å². The largest absolute Gasteiger partial charge is 0.0776 e. The summed E-state index contributed by atoms with van der Waals surface area (Å²) in [5.74, 6) is 0. The zero-order valence-corrected chi connectivity index (χ0v) is 8.17. The molecule has 2 unspecified atom stereocenters. The molecule has 14 heavy (non-hydrogen) atoms. The summed E-state index contributed by atoms with van der Waals surface area (Å²) >= 11 is 0. The van der Waals surface area contributed by atoms with Crippen molar-refractivity contribution >= 4 is 0 Å². The van der Waals surface area contributed by atoms with Crippen LogP contribution in [0, 0.1) is 0 Å². The first kappa shape index (κ1) is 9.51. The van der Waals surface area contributed by atoms with Crippen molar-refractivity contribution in [2.24, 2.45) is 0 Å². The number of rotatable bonds is 0. The molecule has 0 N–H and O–H groups in total. The molecule has 2 aliphatic rings. The highest BCUT2D eigenvalue weighted by molar-refractivity contribution is 5.55. The van der Waals surface area contributed by atoms with Crippen LogP contribution in [0.5, 0.6) is 0 Å². The van der Waals surface area contributed by atoms with Crippen LogP contribution in [0.4, 0.5) is 0 Å². The lowest BCUT2D eigenvalue weighted by Crippen LogP contribution is -2.12. The van der Waals surface area contributed by atoms with Crippen LogP contribution in [-0.2, 0) is 10.8 Å². The van der Waals surface area contributed by atoms with Gasteiger partial charge in [-0.2, -0.15) is 0 Å². The summed E-state index contributed by atoms with van der Waals surface area (Å²) in [6.45, 7) is 4.70. The monoisotopic (exact) mass is 186 g/mol. The predicted octanol–water partition coefficient (Wildman–Crippen LogP) is 3.81. The van der Waals surface area contributed by atoms with E-state index in [2.05, 4.69) is 50.3 Å². The molecule has 0 heterocycles. The number of benzene rings is 1. The van der Waals surface area contributed by atoms with E-state index in [1.807, 2.05) is 0 Å². The molecule has 0 saturated heterocycles. The Labute approximate surface area is 86.7 Å². The molecule has 1 aromatic rings. The lowest BCUT2D eigenvalue weighted by atomic mass is 9.84.